The second-order valence-corrected chi connectivity index (χ2v) is 4.58. The number of nitrogens with one attached hydrogen (secondary N) is 1. The molecule has 1 amide bonds. The summed E-state index contributed by atoms with van der Waals surface area (Å²) >= 11 is 0. The predicted octanol–water partition coefficient (Wildman–Crippen LogP) is 0.570. The Kier molecular flexibility index (Phi) is 13.6. The quantitative estimate of drug-likeness (QED) is 0.311. The third kappa shape index (κ3) is 10.3. The minimum absolute atomic E-state index is 0. The van der Waals surface area contributed by atoms with Crippen LogP contribution in [0.25, 0.3) is 0 Å². The van der Waals surface area contributed by atoms with Crippen molar-refractivity contribution in [1.82, 2.24) is 5.32 Å². The van der Waals surface area contributed by atoms with E-state index >= 15 is 0 Å². The molecule has 0 saturated carbocycles. The van der Waals surface area contributed by atoms with Gasteiger partial charge in [-0.3, -0.25) is 9.79 Å². The third-order valence-electron chi connectivity index (χ3n) is 2.86. The molecule has 0 heterocycles. The van der Waals surface area contributed by atoms with Gasteiger partial charge in [-0.25, -0.2) is 0 Å². The number of amides is 1. The summed E-state index contributed by atoms with van der Waals surface area (Å²) in [5.74, 6) is -0.0727. The first-order chi connectivity index (χ1) is 9.59. The van der Waals surface area contributed by atoms with E-state index in [0.717, 1.165) is 6.42 Å². The summed E-state index contributed by atoms with van der Waals surface area (Å²) < 4.78 is 0. The van der Waals surface area contributed by atoms with Gasteiger partial charge in [-0.1, -0.05) is 30.3 Å². The number of benzene rings is 1. The normalized spacial score (nSPS) is 10.6. The number of hydrogen-bond donors (Lipinski definition) is 4. The molecule has 0 aliphatic rings. The summed E-state index contributed by atoms with van der Waals surface area (Å²) in [5.41, 5.74) is 17.4. The topological polar surface area (TPSA) is 120 Å². The van der Waals surface area contributed by atoms with E-state index in [-0.39, 0.29) is 36.7 Å². The van der Waals surface area contributed by atoms with Crippen LogP contribution >= 0.6 is 24.8 Å². The number of aliphatic imine (C=N–C) groups is 1. The Morgan fingerprint density at radius 1 is 1.18 bits per heavy atom. The smallest absolute Gasteiger partial charge is 0.236 e. The standard InChI is InChI=1S/C14H23N5O.2ClH/c15-12(7-4-9-19-14(16)17)13(20)18-10-8-11-5-2-1-3-6-11;;/h1-3,5-6,12H,4,7-10,15H2,(H,18,20)(H4,16,17,19);2*1H/t12-;;/m0../s1. The van der Waals surface area contributed by atoms with E-state index in [1.54, 1.807) is 0 Å². The molecule has 1 aromatic carbocycles. The number of hydrogen-bond acceptors (Lipinski definition) is 3. The molecule has 1 atom stereocenters. The Labute approximate surface area is 143 Å². The summed E-state index contributed by atoms with van der Waals surface area (Å²) in [4.78, 5) is 15.6. The second-order valence-electron chi connectivity index (χ2n) is 4.58. The van der Waals surface area contributed by atoms with E-state index in [0.29, 0.717) is 25.9 Å². The van der Waals surface area contributed by atoms with Crippen LogP contribution in [0.5, 0.6) is 0 Å². The van der Waals surface area contributed by atoms with Crippen LogP contribution in [0.3, 0.4) is 0 Å². The first-order valence-corrected chi connectivity index (χ1v) is 6.72. The van der Waals surface area contributed by atoms with Gasteiger partial charge in [-0.15, -0.1) is 24.8 Å². The lowest BCUT2D eigenvalue weighted by Crippen LogP contribution is -2.41. The zero-order valence-corrected chi connectivity index (χ0v) is 14.0. The van der Waals surface area contributed by atoms with Crippen molar-refractivity contribution < 1.29 is 4.79 Å². The van der Waals surface area contributed by atoms with E-state index in [1.807, 2.05) is 30.3 Å². The van der Waals surface area contributed by atoms with Gasteiger partial charge in [0.2, 0.25) is 5.91 Å². The molecular weight excluding hydrogens is 325 g/mol. The van der Waals surface area contributed by atoms with Crippen LogP contribution in [0.4, 0.5) is 0 Å². The van der Waals surface area contributed by atoms with E-state index in [9.17, 15) is 4.79 Å². The highest BCUT2D eigenvalue weighted by atomic mass is 35.5. The molecule has 0 radical (unpaired) electrons. The zero-order chi connectivity index (χ0) is 14.8. The lowest BCUT2D eigenvalue weighted by molar-refractivity contribution is -0.122. The molecular formula is C14H25Cl2N5O. The monoisotopic (exact) mass is 349 g/mol. The van der Waals surface area contributed by atoms with Crippen LogP contribution < -0.4 is 22.5 Å². The number of guanidine groups is 1. The van der Waals surface area contributed by atoms with Gasteiger partial charge in [0.25, 0.3) is 0 Å². The van der Waals surface area contributed by atoms with Crippen molar-refractivity contribution in [3.8, 4) is 0 Å². The molecule has 0 spiro atoms. The maximum atomic E-state index is 11.7. The van der Waals surface area contributed by atoms with Gasteiger partial charge < -0.3 is 22.5 Å². The van der Waals surface area contributed by atoms with Crippen molar-refractivity contribution >= 4 is 36.7 Å². The highest BCUT2D eigenvalue weighted by Gasteiger charge is 2.11. The minimum Gasteiger partial charge on any atom is -0.370 e. The van der Waals surface area contributed by atoms with Crippen LogP contribution in [0.2, 0.25) is 0 Å². The van der Waals surface area contributed by atoms with Crippen LogP contribution in [0, 0.1) is 0 Å². The molecule has 0 bridgehead atoms. The molecule has 22 heavy (non-hydrogen) atoms. The van der Waals surface area contributed by atoms with E-state index < -0.39 is 6.04 Å². The van der Waals surface area contributed by atoms with Crippen LogP contribution in [-0.2, 0) is 11.2 Å². The van der Waals surface area contributed by atoms with Gasteiger partial charge in [0.15, 0.2) is 5.96 Å². The predicted molar refractivity (Wildman–Crippen MR) is 95.5 cm³/mol. The van der Waals surface area contributed by atoms with Gasteiger partial charge in [-0.05, 0) is 24.8 Å². The number of nitrogens with zero attached hydrogens (tertiary/aromatic N) is 1. The first kappa shape index (κ1) is 22.8. The first-order valence-electron chi connectivity index (χ1n) is 6.72. The van der Waals surface area contributed by atoms with Crippen molar-refractivity contribution in [2.75, 3.05) is 13.1 Å². The van der Waals surface area contributed by atoms with Crippen molar-refractivity contribution in [1.29, 1.82) is 0 Å². The number of rotatable bonds is 8. The van der Waals surface area contributed by atoms with Crippen LogP contribution in [0.15, 0.2) is 35.3 Å². The number of carbonyl (C=O) groups excluding carboxylic acids is 1. The summed E-state index contributed by atoms with van der Waals surface area (Å²) in [6.07, 6.45) is 2.05. The Morgan fingerprint density at radius 2 is 1.82 bits per heavy atom. The Hall–Kier alpha value is -1.50. The highest BCUT2D eigenvalue weighted by molar-refractivity contribution is 5.85. The molecule has 6 nitrogen and oxygen atoms in total. The van der Waals surface area contributed by atoms with Gasteiger partial charge >= 0.3 is 0 Å². The molecule has 0 fully saturated rings. The molecule has 0 aliphatic carbocycles. The van der Waals surface area contributed by atoms with Crippen LogP contribution in [-0.4, -0.2) is 31.0 Å². The second kappa shape index (κ2) is 13.2. The molecule has 8 heteroatoms. The molecule has 0 unspecified atom stereocenters. The van der Waals surface area contributed by atoms with Crippen molar-refractivity contribution in [3.63, 3.8) is 0 Å². The van der Waals surface area contributed by atoms with Gasteiger partial charge in [0.05, 0.1) is 6.04 Å². The van der Waals surface area contributed by atoms with Gasteiger partial charge in [-0.2, -0.15) is 0 Å². The fraction of sp³-hybridized carbons (Fsp3) is 0.429. The summed E-state index contributed by atoms with van der Waals surface area (Å²) in [6.45, 7) is 1.08. The summed E-state index contributed by atoms with van der Waals surface area (Å²) in [7, 11) is 0. The summed E-state index contributed by atoms with van der Waals surface area (Å²) in [5, 5.41) is 2.83. The summed E-state index contributed by atoms with van der Waals surface area (Å²) in [6, 6.07) is 9.47. The fourth-order valence-electron chi connectivity index (χ4n) is 1.76. The lowest BCUT2D eigenvalue weighted by atomic mass is 10.1. The fourth-order valence-corrected chi connectivity index (χ4v) is 1.76. The Balaban J connectivity index is 0. The molecule has 7 N–H and O–H groups in total. The number of nitrogens with two attached hydrogens (primary N) is 3. The molecule has 126 valence electrons. The minimum atomic E-state index is -0.514. The van der Waals surface area contributed by atoms with Gasteiger partial charge in [0, 0.05) is 13.1 Å². The van der Waals surface area contributed by atoms with E-state index in [2.05, 4.69) is 10.3 Å². The average molecular weight is 350 g/mol. The molecule has 0 aliphatic heterocycles. The van der Waals surface area contributed by atoms with Crippen LogP contribution in [0.1, 0.15) is 18.4 Å². The zero-order valence-electron chi connectivity index (χ0n) is 12.4. The molecule has 0 saturated heterocycles. The van der Waals surface area contributed by atoms with Crippen molar-refractivity contribution in [2.45, 2.75) is 25.3 Å². The average Bonchev–Trinajstić information content (AvgIpc) is 2.44. The Morgan fingerprint density at radius 3 is 2.41 bits per heavy atom. The molecule has 1 aromatic rings. The maximum absolute atomic E-state index is 11.7. The van der Waals surface area contributed by atoms with Gasteiger partial charge in [0.1, 0.15) is 0 Å². The number of carbonyl (C=O) groups is 1. The number of halogens is 2. The van der Waals surface area contributed by atoms with E-state index in [4.69, 9.17) is 17.2 Å². The van der Waals surface area contributed by atoms with E-state index in [1.165, 1.54) is 5.56 Å². The third-order valence-corrected chi connectivity index (χ3v) is 2.86. The molecule has 0 aromatic heterocycles. The van der Waals surface area contributed by atoms with Crippen molar-refractivity contribution in [3.05, 3.63) is 35.9 Å². The SMILES string of the molecule is Cl.Cl.NC(N)=NCCC[C@H](N)C(=O)NCCc1ccccc1. The lowest BCUT2D eigenvalue weighted by Gasteiger charge is -2.11. The van der Waals surface area contributed by atoms with Crippen molar-refractivity contribution in [2.24, 2.45) is 22.2 Å². The largest absolute Gasteiger partial charge is 0.370 e. The molecule has 1 rings (SSSR count). The highest BCUT2D eigenvalue weighted by Crippen LogP contribution is 1.99. The Bertz CT molecular complexity index is 438. The maximum Gasteiger partial charge on any atom is 0.236 e.